The number of benzene rings is 1. The van der Waals surface area contributed by atoms with Gasteiger partial charge in [0.2, 0.25) is 0 Å². The normalized spacial score (nSPS) is 16.8. The number of rotatable bonds is 2. The lowest BCUT2D eigenvalue weighted by molar-refractivity contribution is 0.459. The molecule has 0 unspecified atom stereocenters. The van der Waals surface area contributed by atoms with Crippen molar-refractivity contribution >= 4 is 32.8 Å². The van der Waals surface area contributed by atoms with Crippen molar-refractivity contribution in [1.82, 2.24) is 10.3 Å². The summed E-state index contributed by atoms with van der Waals surface area (Å²) in [4.78, 5) is 6.19. The van der Waals surface area contributed by atoms with Crippen molar-refractivity contribution in [1.29, 1.82) is 0 Å². The van der Waals surface area contributed by atoms with Crippen LogP contribution in [0.4, 0.5) is 0 Å². The van der Waals surface area contributed by atoms with Crippen molar-refractivity contribution in [2.24, 2.45) is 0 Å². The van der Waals surface area contributed by atoms with Crippen molar-refractivity contribution in [2.75, 3.05) is 13.1 Å². The fourth-order valence-corrected chi connectivity index (χ4v) is 4.85. The van der Waals surface area contributed by atoms with Gasteiger partial charge in [0.05, 0.1) is 15.6 Å². The molecule has 0 radical (unpaired) electrons. The Balaban J connectivity index is 1.66. The van der Waals surface area contributed by atoms with Crippen LogP contribution < -0.4 is 5.32 Å². The molecule has 4 heteroatoms. The lowest BCUT2D eigenvalue weighted by atomic mass is 9.99. The highest BCUT2D eigenvalue weighted by Gasteiger charge is 2.19. The molecule has 20 heavy (non-hydrogen) atoms. The van der Waals surface area contributed by atoms with E-state index in [0.29, 0.717) is 5.92 Å². The van der Waals surface area contributed by atoms with Gasteiger partial charge in [-0.1, -0.05) is 18.2 Å². The second kappa shape index (κ2) is 5.28. The van der Waals surface area contributed by atoms with Gasteiger partial charge in [0.25, 0.3) is 0 Å². The quantitative estimate of drug-likeness (QED) is 0.754. The van der Waals surface area contributed by atoms with Crippen LogP contribution in [0.2, 0.25) is 0 Å². The second-order valence-corrected chi connectivity index (χ2v) is 7.22. The van der Waals surface area contributed by atoms with Gasteiger partial charge in [-0.2, -0.15) is 0 Å². The van der Waals surface area contributed by atoms with E-state index in [1.807, 2.05) is 22.7 Å². The zero-order valence-electron chi connectivity index (χ0n) is 11.1. The molecule has 3 heterocycles. The number of nitrogens with zero attached hydrogens (tertiary/aromatic N) is 1. The number of hydrogen-bond donors (Lipinski definition) is 1. The minimum absolute atomic E-state index is 0.657. The molecule has 0 atom stereocenters. The minimum atomic E-state index is 0.657. The average Bonchev–Trinajstić information content (AvgIpc) is 3.14. The molecule has 0 bridgehead atoms. The van der Waals surface area contributed by atoms with Crippen LogP contribution in [0.5, 0.6) is 0 Å². The summed E-state index contributed by atoms with van der Waals surface area (Å²) in [6.07, 6.45) is 2.44. The van der Waals surface area contributed by atoms with Gasteiger partial charge >= 0.3 is 0 Å². The molecular formula is C16H16N2S2. The molecule has 0 spiro atoms. The summed E-state index contributed by atoms with van der Waals surface area (Å²) in [5, 5.41) is 8.29. The highest BCUT2D eigenvalue weighted by Crippen LogP contribution is 2.36. The van der Waals surface area contributed by atoms with E-state index < -0.39 is 0 Å². The van der Waals surface area contributed by atoms with E-state index in [1.54, 1.807) is 0 Å². The summed E-state index contributed by atoms with van der Waals surface area (Å²) >= 11 is 3.67. The van der Waals surface area contributed by atoms with Gasteiger partial charge in [0, 0.05) is 16.0 Å². The van der Waals surface area contributed by atoms with Gasteiger partial charge in [0.1, 0.15) is 0 Å². The van der Waals surface area contributed by atoms with Gasteiger partial charge in [-0.15, -0.1) is 22.7 Å². The summed E-state index contributed by atoms with van der Waals surface area (Å²) in [6.45, 7) is 2.25. The van der Waals surface area contributed by atoms with Crippen LogP contribution in [0, 0.1) is 0 Å². The molecule has 3 aromatic rings. The molecule has 1 aromatic carbocycles. The Bertz CT molecular complexity index is 690. The van der Waals surface area contributed by atoms with Crippen LogP contribution in [-0.2, 0) is 0 Å². The van der Waals surface area contributed by atoms with E-state index in [4.69, 9.17) is 4.98 Å². The first-order valence-electron chi connectivity index (χ1n) is 7.05. The molecule has 1 aliphatic rings. The lowest BCUT2D eigenvalue weighted by Crippen LogP contribution is -2.26. The van der Waals surface area contributed by atoms with E-state index in [1.165, 1.54) is 32.8 Å². The largest absolute Gasteiger partial charge is 0.317 e. The van der Waals surface area contributed by atoms with Gasteiger partial charge in [0.15, 0.2) is 0 Å². The first-order valence-corrected chi connectivity index (χ1v) is 8.75. The Morgan fingerprint density at radius 1 is 1.15 bits per heavy atom. The maximum absolute atomic E-state index is 4.90. The van der Waals surface area contributed by atoms with Crippen molar-refractivity contribution in [3.05, 3.63) is 40.7 Å². The predicted octanol–water partition coefficient (Wildman–Crippen LogP) is 4.49. The lowest BCUT2D eigenvalue weighted by Gasteiger charge is -2.20. The van der Waals surface area contributed by atoms with Gasteiger partial charge in [-0.25, -0.2) is 4.98 Å². The zero-order chi connectivity index (χ0) is 13.4. The number of hydrogen-bond acceptors (Lipinski definition) is 4. The Morgan fingerprint density at radius 3 is 2.85 bits per heavy atom. The monoisotopic (exact) mass is 300 g/mol. The third-order valence-corrected chi connectivity index (χ3v) is 6.03. The fourth-order valence-electron chi connectivity index (χ4n) is 2.77. The highest BCUT2D eigenvalue weighted by atomic mass is 32.1. The number of nitrogens with one attached hydrogen (secondary N) is 1. The Hall–Kier alpha value is -1.23. The topological polar surface area (TPSA) is 24.9 Å². The Kier molecular flexibility index (Phi) is 3.30. The van der Waals surface area contributed by atoms with E-state index in [9.17, 15) is 0 Å². The number of thiophene rings is 1. The van der Waals surface area contributed by atoms with Crippen LogP contribution in [0.3, 0.4) is 0 Å². The summed E-state index contributed by atoms with van der Waals surface area (Å²) < 4.78 is 1.35. The maximum atomic E-state index is 4.90. The number of piperidine rings is 1. The van der Waals surface area contributed by atoms with E-state index in [2.05, 4.69) is 41.0 Å². The average molecular weight is 300 g/mol. The third kappa shape index (κ3) is 2.28. The summed E-state index contributed by atoms with van der Waals surface area (Å²) in [7, 11) is 0. The van der Waals surface area contributed by atoms with Crippen LogP contribution in [0.25, 0.3) is 20.7 Å². The van der Waals surface area contributed by atoms with Gasteiger partial charge < -0.3 is 5.32 Å². The molecule has 102 valence electrons. The van der Waals surface area contributed by atoms with E-state index in [0.717, 1.165) is 18.8 Å². The Labute approximate surface area is 126 Å². The molecule has 4 rings (SSSR count). The second-order valence-electron chi connectivity index (χ2n) is 5.24. The first kappa shape index (κ1) is 12.5. The molecule has 2 aromatic heterocycles. The molecule has 0 saturated carbocycles. The maximum Gasteiger partial charge on any atom is 0.0964 e. The minimum Gasteiger partial charge on any atom is -0.317 e. The standard InChI is InChI=1S/C16H16N2S2/c1-2-4-14-12(3-1)9-15(20-14)13-10-19-16(18-13)11-5-7-17-8-6-11/h1-4,9-11,17H,5-8H2. The van der Waals surface area contributed by atoms with Crippen molar-refractivity contribution in [3.8, 4) is 10.6 Å². The van der Waals surface area contributed by atoms with Crippen LogP contribution in [-0.4, -0.2) is 18.1 Å². The van der Waals surface area contributed by atoms with Crippen molar-refractivity contribution in [3.63, 3.8) is 0 Å². The third-order valence-electron chi connectivity index (χ3n) is 3.89. The zero-order valence-corrected chi connectivity index (χ0v) is 12.8. The summed E-state index contributed by atoms with van der Waals surface area (Å²) in [5.74, 6) is 0.657. The number of thiazole rings is 1. The van der Waals surface area contributed by atoms with Crippen molar-refractivity contribution in [2.45, 2.75) is 18.8 Å². The molecule has 2 nitrogen and oxygen atoms in total. The molecule has 0 amide bonds. The fraction of sp³-hybridized carbons (Fsp3) is 0.312. The predicted molar refractivity (Wildman–Crippen MR) is 87.8 cm³/mol. The van der Waals surface area contributed by atoms with E-state index >= 15 is 0 Å². The first-order chi connectivity index (χ1) is 9.90. The summed E-state index contributed by atoms with van der Waals surface area (Å²) in [5.41, 5.74) is 1.16. The van der Waals surface area contributed by atoms with E-state index in [-0.39, 0.29) is 0 Å². The molecule has 1 aliphatic heterocycles. The summed E-state index contributed by atoms with van der Waals surface area (Å²) in [6, 6.07) is 10.8. The SMILES string of the molecule is c1ccc2sc(-c3csc(C4CCNCC4)n3)cc2c1. The molecular weight excluding hydrogens is 284 g/mol. The number of fused-ring (bicyclic) bond motifs is 1. The van der Waals surface area contributed by atoms with Crippen LogP contribution >= 0.6 is 22.7 Å². The Morgan fingerprint density at radius 2 is 2.00 bits per heavy atom. The molecule has 0 aliphatic carbocycles. The highest BCUT2D eigenvalue weighted by molar-refractivity contribution is 7.22. The van der Waals surface area contributed by atoms with Crippen LogP contribution in [0.1, 0.15) is 23.8 Å². The van der Waals surface area contributed by atoms with Crippen LogP contribution in [0.15, 0.2) is 35.7 Å². The van der Waals surface area contributed by atoms with Crippen molar-refractivity contribution < 1.29 is 0 Å². The van der Waals surface area contributed by atoms with Gasteiger partial charge in [-0.3, -0.25) is 0 Å². The molecule has 1 N–H and O–H groups in total. The number of aromatic nitrogens is 1. The molecule has 1 saturated heterocycles. The van der Waals surface area contributed by atoms with Gasteiger partial charge in [-0.05, 0) is 43.5 Å². The molecule has 1 fully saturated rings. The smallest absolute Gasteiger partial charge is 0.0964 e.